The van der Waals surface area contributed by atoms with Gasteiger partial charge in [-0.3, -0.25) is 4.90 Å². The lowest BCUT2D eigenvalue weighted by Gasteiger charge is -2.28. The number of rotatable bonds is 2. The maximum absolute atomic E-state index is 6.41. The largest absolute Gasteiger partial charge is 0.493 e. The van der Waals surface area contributed by atoms with E-state index in [9.17, 15) is 0 Å². The summed E-state index contributed by atoms with van der Waals surface area (Å²) in [5, 5.41) is 0.824. The molecule has 3 rings (SSSR count). The molecule has 19 heavy (non-hydrogen) atoms. The van der Waals surface area contributed by atoms with E-state index < -0.39 is 0 Å². The Morgan fingerprint density at radius 3 is 2.84 bits per heavy atom. The van der Waals surface area contributed by atoms with Gasteiger partial charge in [-0.25, -0.2) is 0 Å². The third-order valence-corrected chi connectivity index (χ3v) is 4.46. The average Bonchev–Trinajstić information content (AvgIpc) is 2.42. The zero-order valence-electron chi connectivity index (χ0n) is 11.2. The van der Waals surface area contributed by atoms with E-state index in [1.54, 1.807) is 0 Å². The molecule has 1 aromatic carbocycles. The van der Waals surface area contributed by atoms with Gasteiger partial charge in [-0.2, -0.15) is 0 Å². The molecule has 0 saturated carbocycles. The van der Waals surface area contributed by atoms with Crippen LogP contribution in [0.4, 0.5) is 0 Å². The Bertz CT molecular complexity index is 458. The van der Waals surface area contributed by atoms with Gasteiger partial charge in [0.1, 0.15) is 5.75 Å². The molecule has 2 aliphatic heterocycles. The number of piperidine rings is 1. The third-order valence-electron chi connectivity index (χ3n) is 4.11. The number of nitrogens with zero attached hydrogens (tertiary/aromatic N) is 1. The van der Waals surface area contributed by atoms with E-state index in [1.165, 1.54) is 32.4 Å². The van der Waals surface area contributed by atoms with Crippen molar-refractivity contribution in [2.45, 2.75) is 38.3 Å². The van der Waals surface area contributed by atoms with Crippen LogP contribution in [0.3, 0.4) is 0 Å². The molecule has 1 aromatic rings. The van der Waals surface area contributed by atoms with Gasteiger partial charge in [0.15, 0.2) is 0 Å². The van der Waals surface area contributed by atoms with Gasteiger partial charge in [-0.05, 0) is 43.6 Å². The van der Waals surface area contributed by atoms with Crippen LogP contribution in [-0.4, -0.2) is 24.6 Å². The molecule has 3 nitrogen and oxygen atoms in total. The van der Waals surface area contributed by atoms with Crippen molar-refractivity contribution in [3.05, 3.63) is 28.3 Å². The second-order valence-corrected chi connectivity index (χ2v) is 5.97. The van der Waals surface area contributed by atoms with E-state index in [0.717, 1.165) is 34.9 Å². The fourth-order valence-electron chi connectivity index (χ4n) is 2.96. The summed E-state index contributed by atoms with van der Waals surface area (Å²) in [6.45, 7) is 3.98. The first-order valence-electron chi connectivity index (χ1n) is 7.17. The summed E-state index contributed by atoms with van der Waals surface area (Å²) in [4.78, 5) is 2.47. The minimum absolute atomic E-state index is 0.0605. The highest BCUT2D eigenvalue weighted by Gasteiger charge is 2.21. The van der Waals surface area contributed by atoms with E-state index in [4.69, 9.17) is 22.1 Å². The zero-order valence-corrected chi connectivity index (χ0v) is 12.0. The number of nitrogens with two attached hydrogens (primary N) is 1. The van der Waals surface area contributed by atoms with Gasteiger partial charge >= 0.3 is 0 Å². The predicted octanol–water partition coefficient (Wildman–Crippen LogP) is 3.11. The lowest BCUT2D eigenvalue weighted by molar-refractivity contribution is 0.220. The number of hydrogen-bond acceptors (Lipinski definition) is 3. The summed E-state index contributed by atoms with van der Waals surface area (Å²) in [7, 11) is 0. The van der Waals surface area contributed by atoms with Crippen molar-refractivity contribution in [3.8, 4) is 5.75 Å². The lowest BCUT2D eigenvalue weighted by atomic mass is 9.99. The highest BCUT2D eigenvalue weighted by atomic mass is 35.5. The molecule has 2 aliphatic rings. The second-order valence-electron chi connectivity index (χ2n) is 5.56. The Kier molecular flexibility index (Phi) is 3.96. The number of benzene rings is 1. The van der Waals surface area contributed by atoms with Crippen LogP contribution >= 0.6 is 11.6 Å². The van der Waals surface area contributed by atoms with Gasteiger partial charge in [0.2, 0.25) is 0 Å². The van der Waals surface area contributed by atoms with Gasteiger partial charge in [0, 0.05) is 29.6 Å². The molecule has 4 heteroatoms. The van der Waals surface area contributed by atoms with Crippen molar-refractivity contribution in [1.29, 1.82) is 0 Å². The van der Waals surface area contributed by atoms with Crippen LogP contribution in [0.15, 0.2) is 12.1 Å². The molecule has 1 atom stereocenters. The molecule has 0 bridgehead atoms. The van der Waals surface area contributed by atoms with Crippen LogP contribution in [0.1, 0.15) is 42.9 Å². The van der Waals surface area contributed by atoms with E-state index in [0.29, 0.717) is 6.61 Å². The van der Waals surface area contributed by atoms with Gasteiger partial charge in [-0.1, -0.05) is 18.0 Å². The first-order valence-corrected chi connectivity index (χ1v) is 7.55. The maximum Gasteiger partial charge on any atom is 0.124 e. The van der Waals surface area contributed by atoms with Crippen molar-refractivity contribution >= 4 is 11.6 Å². The Labute approximate surface area is 119 Å². The number of likely N-dealkylation sites (tertiary alicyclic amines) is 1. The molecule has 2 heterocycles. The van der Waals surface area contributed by atoms with Crippen molar-refractivity contribution in [1.82, 2.24) is 4.90 Å². The van der Waals surface area contributed by atoms with Gasteiger partial charge in [0.05, 0.1) is 6.61 Å². The summed E-state index contributed by atoms with van der Waals surface area (Å²) in [5.74, 6) is 0.926. The molecule has 0 radical (unpaired) electrons. The molecule has 0 unspecified atom stereocenters. The van der Waals surface area contributed by atoms with Gasteiger partial charge < -0.3 is 10.5 Å². The van der Waals surface area contributed by atoms with Crippen molar-refractivity contribution in [2.24, 2.45) is 5.73 Å². The molecular formula is C15H21ClN2O. The Hall–Kier alpha value is -0.770. The Morgan fingerprint density at radius 2 is 2.05 bits per heavy atom. The fourth-order valence-corrected chi connectivity index (χ4v) is 3.19. The number of ether oxygens (including phenoxy) is 1. The summed E-state index contributed by atoms with van der Waals surface area (Å²) in [6.07, 6.45) is 4.81. The smallest absolute Gasteiger partial charge is 0.124 e. The van der Waals surface area contributed by atoms with E-state index in [1.807, 2.05) is 6.07 Å². The summed E-state index contributed by atoms with van der Waals surface area (Å²) >= 11 is 6.41. The average molecular weight is 281 g/mol. The zero-order chi connectivity index (χ0) is 13.2. The van der Waals surface area contributed by atoms with Gasteiger partial charge in [0.25, 0.3) is 0 Å². The standard InChI is InChI=1S/C15H21ClN2O/c16-13-9-12-14(17)4-7-19-15(12)8-11(13)10-18-5-2-1-3-6-18/h8-9,14H,1-7,10,17H2/t14-/m1/s1. The number of halogens is 1. The first kappa shape index (κ1) is 13.2. The lowest BCUT2D eigenvalue weighted by Crippen LogP contribution is -2.29. The molecule has 2 N–H and O–H groups in total. The highest BCUT2D eigenvalue weighted by molar-refractivity contribution is 6.31. The summed E-state index contributed by atoms with van der Waals surface area (Å²) in [6, 6.07) is 4.15. The van der Waals surface area contributed by atoms with Crippen LogP contribution in [-0.2, 0) is 6.54 Å². The minimum atomic E-state index is 0.0605. The summed E-state index contributed by atoms with van der Waals surface area (Å²) < 4.78 is 5.72. The van der Waals surface area contributed by atoms with Crippen LogP contribution in [0.5, 0.6) is 5.75 Å². The van der Waals surface area contributed by atoms with Crippen LogP contribution in [0.25, 0.3) is 0 Å². The normalized spacial score (nSPS) is 23.8. The fraction of sp³-hybridized carbons (Fsp3) is 0.600. The third kappa shape index (κ3) is 2.88. The number of hydrogen-bond donors (Lipinski definition) is 1. The number of fused-ring (bicyclic) bond motifs is 1. The topological polar surface area (TPSA) is 38.5 Å². The highest BCUT2D eigenvalue weighted by Crippen LogP contribution is 2.35. The first-order chi connectivity index (χ1) is 9.24. The Morgan fingerprint density at radius 1 is 1.26 bits per heavy atom. The summed E-state index contributed by atoms with van der Waals surface area (Å²) in [5.41, 5.74) is 8.32. The van der Waals surface area contributed by atoms with Crippen molar-refractivity contribution in [2.75, 3.05) is 19.7 Å². The predicted molar refractivity (Wildman–Crippen MR) is 77.6 cm³/mol. The van der Waals surface area contributed by atoms with Crippen molar-refractivity contribution < 1.29 is 4.74 Å². The van der Waals surface area contributed by atoms with Gasteiger partial charge in [-0.15, -0.1) is 0 Å². The molecule has 0 aliphatic carbocycles. The second kappa shape index (κ2) is 5.70. The molecular weight excluding hydrogens is 260 g/mol. The van der Waals surface area contributed by atoms with E-state index >= 15 is 0 Å². The molecule has 1 fully saturated rings. The maximum atomic E-state index is 6.41. The van der Waals surface area contributed by atoms with E-state index in [2.05, 4.69) is 11.0 Å². The van der Waals surface area contributed by atoms with Crippen LogP contribution in [0.2, 0.25) is 5.02 Å². The van der Waals surface area contributed by atoms with Crippen LogP contribution in [0, 0.1) is 0 Å². The quantitative estimate of drug-likeness (QED) is 0.905. The van der Waals surface area contributed by atoms with Crippen LogP contribution < -0.4 is 10.5 Å². The molecule has 0 spiro atoms. The molecule has 1 saturated heterocycles. The SMILES string of the molecule is N[C@@H]1CCOc2cc(CN3CCCCC3)c(Cl)cc21. The molecule has 0 amide bonds. The minimum Gasteiger partial charge on any atom is -0.493 e. The van der Waals surface area contributed by atoms with E-state index in [-0.39, 0.29) is 6.04 Å². The molecule has 104 valence electrons. The van der Waals surface area contributed by atoms with Crippen molar-refractivity contribution in [3.63, 3.8) is 0 Å². The Balaban J connectivity index is 1.81. The monoisotopic (exact) mass is 280 g/mol. The molecule has 0 aromatic heterocycles.